The molecule has 1 aromatic heterocycles. The number of hydrogen-bond donors (Lipinski definition) is 4. The quantitative estimate of drug-likeness (QED) is 0.348. The van der Waals surface area contributed by atoms with Crippen LogP contribution in [0.15, 0.2) is 18.1 Å². The average molecular weight is 324 g/mol. The van der Waals surface area contributed by atoms with Crippen molar-refractivity contribution in [1.29, 1.82) is 0 Å². The van der Waals surface area contributed by atoms with Gasteiger partial charge < -0.3 is 20.6 Å². The zero-order chi connectivity index (χ0) is 17.8. The van der Waals surface area contributed by atoms with Gasteiger partial charge in [-0.25, -0.2) is 25.4 Å². The van der Waals surface area contributed by atoms with E-state index in [0.29, 0.717) is 0 Å². The lowest BCUT2D eigenvalue weighted by molar-refractivity contribution is -0.134. The molecule has 10 heteroatoms. The number of amides is 1. The number of nitrogens with zero attached hydrogens (tertiary/aromatic N) is 3. The largest absolute Gasteiger partial charge is 0.476 e. The lowest BCUT2D eigenvalue weighted by Crippen LogP contribution is -2.32. The Kier molecular flexibility index (Phi) is 5.47. The van der Waals surface area contributed by atoms with Gasteiger partial charge in [0.1, 0.15) is 11.3 Å². The van der Waals surface area contributed by atoms with Crippen molar-refractivity contribution in [1.82, 2.24) is 15.0 Å². The van der Waals surface area contributed by atoms with Crippen LogP contribution in [-0.2, 0) is 9.53 Å². The minimum atomic E-state index is -1.31. The van der Waals surface area contributed by atoms with Gasteiger partial charge in [0.15, 0.2) is 11.5 Å². The molecule has 1 rings (SSSR count). The smallest absolute Gasteiger partial charge is 0.412 e. The number of hydrogen-bond acceptors (Lipinski definition) is 8. The van der Waals surface area contributed by atoms with E-state index in [1.807, 2.05) is 0 Å². The molecular formula is C13H20N6O4. The van der Waals surface area contributed by atoms with Crippen LogP contribution in [0.1, 0.15) is 26.6 Å². The normalized spacial score (nSPS) is 12.2. The molecule has 6 N–H and O–H groups in total. The van der Waals surface area contributed by atoms with Crippen molar-refractivity contribution in [3.63, 3.8) is 0 Å². The minimum absolute atomic E-state index is 0.0329. The molecule has 0 saturated carbocycles. The molecule has 0 aliphatic heterocycles. The zero-order valence-corrected chi connectivity index (χ0v) is 13.3. The molecule has 0 radical (unpaired) electrons. The maximum atomic E-state index is 11.6. The van der Waals surface area contributed by atoms with Gasteiger partial charge in [-0.2, -0.15) is 0 Å². The van der Waals surface area contributed by atoms with E-state index in [0.717, 1.165) is 5.01 Å². The summed E-state index contributed by atoms with van der Waals surface area (Å²) >= 11 is 0. The predicted molar refractivity (Wildman–Crippen MR) is 82.6 cm³/mol. The van der Waals surface area contributed by atoms with E-state index in [1.54, 1.807) is 20.8 Å². The molecule has 1 aromatic rings. The van der Waals surface area contributed by atoms with Crippen molar-refractivity contribution in [2.24, 2.45) is 11.6 Å². The summed E-state index contributed by atoms with van der Waals surface area (Å²) in [5.41, 5.74) is 4.80. The predicted octanol–water partition coefficient (Wildman–Crippen LogP) is 0.341. The van der Waals surface area contributed by atoms with Crippen LogP contribution in [-0.4, -0.2) is 44.8 Å². The first kappa shape index (κ1) is 18.2. The summed E-state index contributed by atoms with van der Waals surface area (Å²) in [7, 11) is 1.33. The molecule has 0 aromatic carbocycles. The first-order valence-electron chi connectivity index (χ1n) is 6.55. The topological polar surface area (TPSA) is 157 Å². The molecule has 0 aliphatic carbocycles. The van der Waals surface area contributed by atoms with Crippen LogP contribution in [0.25, 0.3) is 5.70 Å². The van der Waals surface area contributed by atoms with Crippen LogP contribution in [0.2, 0.25) is 0 Å². The number of anilines is 1. The van der Waals surface area contributed by atoms with E-state index in [1.165, 1.54) is 19.4 Å². The van der Waals surface area contributed by atoms with Crippen molar-refractivity contribution in [3.8, 4) is 0 Å². The summed E-state index contributed by atoms with van der Waals surface area (Å²) in [5.74, 6) is 4.07. The molecule has 23 heavy (non-hydrogen) atoms. The summed E-state index contributed by atoms with van der Waals surface area (Å²) in [6, 6.07) is 0. The number of rotatable bonds is 4. The van der Waals surface area contributed by atoms with Crippen molar-refractivity contribution in [2.45, 2.75) is 26.4 Å². The number of hydrazine groups is 1. The SMILES string of the molecule is CN(N)/C(C(=O)O)=C(\N)c1ncc(NC(=O)OC(C)(C)C)cn1. The van der Waals surface area contributed by atoms with Gasteiger partial charge in [-0.05, 0) is 20.8 Å². The molecule has 0 bridgehead atoms. The summed E-state index contributed by atoms with van der Waals surface area (Å²) in [6.07, 6.45) is 1.88. The molecule has 0 saturated heterocycles. The maximum Gasteiger partial charge on any atom is 0.412 e. The number of likely N-dealkylation sites (N-methyl/N-ethyl adjacent to an activating group) is 1. The summed E-state index contributed by atoms with van der Waals surface area (Å²) < 4.78 is 5.08. The fourth-order valence-corrected chi connectivity index (χ4v) is 1.52. The number of carboxylic acids is 1. The third-order valence-corrected chi connectivity index (χ3v) is 2.35. The van der Waals surface area contributed by atoms with Crippen molar-refractivity contribution in [2.75, 3.05) is 12.4 Å². The third kappa shape index (κ3) is 5.43. The van der Waals surface area contributed by atoms with Gasteiger partial charge in [-0.3, -0.25) is 5.32 Å². The maximum absolute atomic E-state index is 11.6. The number of carbonyl (C=O) groups is 2. The standard InChI is InChI=1S/C13H20N6O4/c1-13(2,3)23-12(22)18-7-5-16-10(17-6-7)8(14)9(11(20)21)19(4)15/h5-6H,14-15H2,1-4H3,(H,18,22)(H,20,21)/b9-8-. The zero-order valence-electron chi connectivity index (χ0n) is 13.3. The van der Waals surface area contributed by atoms with Crippen molar-refractivity contribution in [3.05, 3.63) is 23.9 Å². The Labute approximate surface area is 133 Å². The van der Waals surface area contributed by atoms with E-state index in [-0.39, 0.29) is 22.9 Å². The summed E-state index contributed by atoms with van der Waals surface area (Å²) in [5, 5.41) is 12.4. The highest BCUT2D eigenvalue weighted by Crippen LogP contribution is 2.13. The highest BCUT2D eigenvalue weighted by molar-refractivity contribution is 5.94. The summed E-state index contributed by atoms with van der Waals surface area (Å²) in [4.78, 5) is 30.5. The molecule has 1 amide bonds. The van der Waals surface area contributed by atoms with Gasteiger partial charge in [-0.1, -0.05) is 0 Å². The fraction of sp³-hybridized carbons (Fsp3) is 0.385. The van der Waals surface area contributed by atoms with Gasteiger partial charge in [0, 0.05) is 7.05 Å². The number of carbonyl (C=O) groups excluding carboxylic acids is 1. The third-order valence-electron chi connectivity index (χ3n) is 2.35. The van der Waals surface area contributed by atoms with Gasteiger partial charge in [0.2, 0.25) is 0 Å². The van der Waals surface area contributed by atoms with E-state index in [2.05, 4.69) is 15.3 Å². The van der Waals surface area contributed by atoms with E-state index < -0.39 is 17.7 Å². The molecule has 126 valence electrons. The monoisotopic (exact) mass is 324 g/mol. The number of aliphatic carboxylic acids is 1. The van der Waals surface area contributed by atoms with Crippen LogP contribution in [0.5, 0.6) is 0 Å². The lowest BCUT2D eigenvalue weighted by Gasteiger charge is -2.19. The Bertz CT molecular complexity index is 618. The molecule has 0 aliphatic rings. The molecular weight excluding hydrogens is 304 g/mol. The van der Waals surface area contributed by atoms with Crippen LogP contribution < -0.4 is 16.9 Å². The highest BCUT2D eigenvalue weighted by Gasteiger charge is 2.19. The number of nitrogens with two attached hydrogens (primary N) is 2. The van der Waals surface area contributed by atoms with Crippen molar-refractivity contribution < 1.29 is 19.4 Å². The molecule has 0 atom stereocenters. The average Bonchev–Trinajstić information content (AvgIpc) is 2.36. The van der Waals surface area contributed by atoms with Gasteiger partial charge in [0.25, 0.3) is 0 Å². The number of carboxylic acid groups (broad SMARTS) is 1. The van der Waals surface area contributed by atoms with E-state index >= 15 is 0 Å². The van der Waals surface area contributed by atoms with E-state index in [4.69, 9.17) is 21.4 Å². The van der Waals surface area contributed by atoms with Gasteiger partial charge in [0.05, 0.1) is 18.1 Å². The second-order valence-electron chi connectivity index (χ2n) is 5.60. The Morgan fingerprint density at radius 2 is 1.83 bits per heavy atom. The van der Waals surface area contributed by atoms with Crippen LogP contribution in [0, 0.1) is 0 Å². The van der Waals surface area contributed by atoms with Gasteiger partial charge in [-0.15, -0.1) is 0 Å². The second kappa shape index (κ2) is 6.92. The number of ether oxygens (including phenoxy) is 1. The lowest BCUT2D eigenvalue weighted by atomic mass is 10.2. The van der Waals surface area contributed by atoms with Crippen LogP contribution >= 0.6 is 0 Å². The molecule has 0 fully saturated rings. The van der Waals surface area contributed by atoms with E-state index in [9.17, 15) is 9.59 Å². The Morgan fingerprint density at radius 1 is 1.30 bits per heavy atom. The Morgan fingerprint density at radius 3 is 2.22 bits per heavy atom. The van der Waals surface area contributed by atoms with Crippen LogP contribution in [0.3, 0.4) is 0 Å². The van der Waals surface area contributed by atoms with Crippen LogP contribution in [0.4, 0.5) is 10.5 Å². The Hall–Kier alpha value is -2.88. The fourth-order valence-electron chi connectivity index (χ4n) is 1.52. The molecule has 10 nitrogen and oxygen atoms in total. The first-order chi connectivity index (χ1) is 10.5. The first-order valence-corrected chi connectivity index (χ1v) is 6.55. The highest BCUT2D eigenvalue weighted by atomic mass is 16.6. The Balaban J connectivity index is 2.94. The van der Waals surface area contributed by atoms with Gasteiger partial charge >= 0.3 is 12.1 Å². The minimum Gasteiger partial charge on any atom is -0.476 e. The molecule has 0 spiro atoms. The number of nitrogens with one attached hydrogen (secondary N) is 1. The number of aromatic nitrogens is 2. The second-order valence-corrected chi connectivity index (χ2v) is 5.60. The molecule has 1 heterocycles. The van der Waals surface area contributed by atoms with Crippen molar-refractivity contribution >= 4 is 23.4 Å². The molecule has 0 unspecified atom stereocenters. The summed E-state index contributed by atoms with van der Waals surface area (Å²) in [6.45, 7) is 5.19.